The van der Waals surface area contributed by atoms with Gasteiger partial charge in [0.15, 0.2) is 5.54 Å². The number of halogens is 1. The van der Waals surface area contributed by atoms with Crippen LogP contribution in [-0.4, -0.2) is 21.3 Å². The summed E-state index contributed by atoms with van der Waals surface area (Å²) in [6, 6.07) is 10.3. The normalized spacial score (nSPS) is 13.4. The molecular weight excluding hydrogens is 294 g/mol. The molecule has 2 aromatic rings. The van der Waals surface area contributed by atoms with Gasteiger partial charge in [0.1, 0.15) is 11.5 Å². The van der Waals surface area contributed by atoms with Gasteiger partial charge < -0.3 is 20.6 Å². The van der Waals surface area contributed by atoms with Crippen molar-refractivity contribution in [2.75, 3.05) is 5.32 Å². The van der Waals surface area contributed by atoms with Crippen LogP contribution in [0.1, 0.15) is 12.5 Å². The number of rotatable bonds is 4. The Bertz CT molecular complexity index is 652. The molecule has 0 bridgehead atoms. The second-order valence-corrected chi connectivity index (χ2v) is 5.24. The van der Waals surface area contributed by atoms with E-state index in [1.807, 2.05) is 0 Å². The zero-order valence-corrected chi connectivity index (χ0v) is 11.9. The summed E-state index contributed by atoms with van der Waals surface area (Å²) < 4.78 is 0. The molecule has 1 unspecified atom stereocenters. The third-order valence-electron chi connectivity index (χ3n) is 3.15. The van der Waals surface area contributed by atoms with Crippen LogP contribution in [0.4, 0.5) is 5.69 Å². The van der Waals surface area contributed by atoms with E-state index in [4.69, 9.17) is 11.6 Å². The van der Waals surface area contributed by atoms with E-state index in [9.17, 15) is 20.1 Å². The van der Waals surface area contributed by atoms with Crippen LogP contribution in [0.5, 0.6) is 11.5 Å². The minimum absolute atomic E-state index is 0.213. The first-order valence-electron chi connectivity index (χ1n) is 6.12. The molecule has 0 aliphatic heterocycles. The van der Waals surface area contributed by atoms with E-state index in [0.717, 1.165) is 6.07 Å². The van der Waals surface area contributed by atoms with Crippen LogP contribution in [0.2, 0.25) is 5.02 Å². The fourth-order valence-electron chi connectivity index (χ4n) is 1.95. The first-order valence-corrected chi connectivity index (χ1v) is 6.50. The molecule has 21 heavy (non-hydrogen) atoms. The lowest BCUT2D eigenvalue weighted by Crippen LogP contribution is -2.40. The van der Waals surface area contributed by atoms with Gasteiger partial charge in [-0.05, 0) is 48.9 Å². The molecule has 0 amide bonds. The van der Waals surface area contributed by atoms with Crippen molar-refractivity contribution in [1.82, 2.24) is 0 Å². The van der Waals surface area contributed by atoms with Gasteiger partial charge in [0.25, 0.3) is 0 Å². The largest absolute Gasteiger partial charge is 0.508 e. The number of aromatic hydroxyl groups is 2. The van der Waals surface area contributed by atoms with Gasteiger partial charge >= 0.3 is 5.97 Å². The Labute approximate surface area is 126 Å². The van der Waals surface area contributed by atoms with Gasteiger partial charge in [0, 0.05) is 16.8 Å². The Hall–Kier alpha value is -2.40. The number of anilines is 1. The van der Waals surface area contributed by atoms with E-state index in [2.05, 4.69) is 5.32 Å². The molecule has 4 N–H and O–H groups in total. The maximum atomic E-state index is 11.7. The summed E-state index contributed by atoms with van der Waals surface area (Å²) in [6.45, 7) is 1.44. The van der Waals surface area contributed by atoms with Crippen LogP contribution in [0, 0.1) is 0 Å². The van der Waals surface area contributed by atoms with Gasteiger partial charge in [-0.2, -0.15) is 0 Å². The monoisotopic (exact) mass is 307 g/mol. The van der Waals surface area contributed by atoms with Gasteiger partial charge in [0.05, 0.1) is 0 Å². The fraction of sp³-hybridized carbons (Fsp3) is 0.133. The first kappa shape index (κ1) is 15.0. The van der Waals surface area contributed by atoms with Gasteiger partial charge in [-0.25, -0.2) is 4.79 Å². The van der Waals surface area contributed by atoms with Crippen LogP contribution < -0.4 is 5.32 Å². The lowest BCUT2D eigenvalue weighted by atomic mass is 9.91. The van der Waals surface area contributed by atoms with Crippen molar-refractivity contribution >= 4 is 23.3 Å². The molecule has 5 nitrogen and oxygen atoms in total. The minimum atomic E-state index is -1.52. The van der Waals surface area contributed by atoms with Gasteiger partial charge in [-0.15, -0.1) is 0 Å². The maximum Gasteiger partial charge on any atom is 0.333 e. The summed E-state index contributed by atoms with van der Waals surface area (Å²) in [7, 11) is 0. The van der Waals surface area contributed by atoms with Crippen LogP contribution in [0.25, 0.3) is 0 Å². The number of hydrogen-bond acceptors (Lipinski definition) is 4. The van der Waals surface area contributed by atoms with Gasteiger partial charge in [-0.1, -0.05) is 11.6 Å². The zero-order chi connectivity index (χ0) is 15.6. The fourth-order valence-corrected chi connectivity index (χ4v) is 2.08. The van der Waals surface area contributed by atoms with E-state index in [0.29, 0.717) is 10.7 Å². The topological polar surface area (TPSA) is 89.8 Å². The lowest BCUT2D eigenvalue weighted by molar-refractivity contribution is -0.142. The van der Waals surface area contributed by atoms with Crippen LogP contribution in [0.3, 0.4) is 0 Å². The molecule has 2 aromatic carbocycles. The molecular formula is C15H14ClNO4. The summed E-state index contributed by atoms with van der Waals surface area (Å²) in [5, 5.41) is 32.0. The van der Waals surface area contributed by atoms with Crippen LogP contribution in [-0.2, 0) is 10.3 Å². The maximum absolute atomic E-state index is 11.7. The van der Waals surface area contributed by atoms with E-state index >= 15 is 0 Å². The number of phenolic OH excluding ortho intramolecular Hbond substituents is 2. The molecule has 0 saturated carbocycles. The number of carbonyl (C=O) groups is 1. The minimum Gasteiger partial charge on any atom is -0.508 e. The molecule has 6 heteroatoms. The molecule has 110 valence electrons. The van der Waals surface area contributed by atoms with Crippen molar-refractivity contribution in [1.29, 1.82) is 0 Å². The standard InChI is InChI=1S/C15H14ClNO4/c1-15(14(20)21,9-6-12(18)8-13(19)7-9)17-11-4-2-10(16)3-5-11/h2-8,17-19H,1H3,(H,20,21). The third-order valence-corrected chi connectivity index (χ3v) is 3.40. The zero-order valence-electron chi connectivity index (χ0n) is 11.2. The quantitative estimate of drug-likeness (QED) is 0.696. The highest BCUT2D eigenvalue weighted by molar-refractivity contribution is 6.30. The summed E-state index contributed by atoms with van der Waals surface area (Å²) in [5.41, 5.74) is -0.751. The second-order valence-electron chi connectivity index (χ2n) is 4.80. The van der Waals surface area contributed by atoms with E-state index < -0.39 is 11.5 Å². The van der Waals surface area contributed by atoms with E-state index in [1.165, 1.54) is 19.1 Å². The molecule has 0 heterocycles. The molecule has 0 spiro atoms. The highest BCUT2D eigenvalue weighted by Crippen LogP contribution is 2.32. The van der Waals surface area contributed by atoms with Crippen LogP contribution >= 0.6 is 11.6 Å². The van der Waals surface area contributed by atoms with Crippen molar-refractivity contribution in [3.63, 3.8) is 0 Å². The lowest BCUT2D eigenvalue weighted by Gasteiger charge is -2.28. The highest BCUT2D eigenvalue weighted by Gasteiger charge is 2.36. The number of nitrogens with one attached hydrogen (secondary N) is 1. The highest BCUT2D eigenvalue weighted by atomic mass is 35.5. The van der Waals surface area contributed by atoms with Gasteiger partial charge in [-0.3, -0.25) is 0 Å². The smallest absolute Gasteiger partial charge is 0.333 e. The van der Waals surface area contributed by atoms with E-state index in [1.54, 1.807) is 24.3 Å². The number of aliphatic carboxylic acids is 1. The first-order chi connectivity index (χ1) is 9.81. The SMILES string of the molecule is CC(Nc1ccc(Cl)cc1)(C(=O)O)c1cc(O)cc(O)c1. The molecule has 0 radical (unpaired) electrons. The summed E-state index contributed by atoms with van der Waals surface area (Å²) >= 11 is 5.79. The predicted octanol–water partition coefficient (Wildman–Crippen LogP) is 3.16. The average molecular weight is 308 g/mol. The van der Waals surface area contributed by atoms with E-state index in [-0.39, 0.29) is 17.1 Å². The average Bonchev–Trinajstić information content (AvgIpc) is 2.40. The molecule has 0 aromatic heterocycles. The Morgan fingerprint density at radius 2 is 1.62 bits per heavy atom. The molecule has 0 fully saturated rings. The summed E-state index contributed by atoms with van der Waals surface area (Å²) in [6.07, 6.45) is 0. The summed E-state index contributed by atoms with van der Waals surface area (Å²) in [4.78, 5) is 11.7. The second kappa shape index (κ2) is 5.54. The van der Waals surface area contributed by atoms with Crippen LogP contribution in [0.15, 0.2) is 42.5 Å². The Kier molecular flexibility index (Phi) is 3.95. The molecule has 1 atom stereocenters. The number of phenols is 2. The summed E-state index contributed by atoms with van der Waals surface area (Å²) in [5.74, 6) is -1.58. The van der Waals surface area contributed by atoms with Crippen molar-refractivity contribution in [2.45, 2.75) is 12.5 Å². The number of hydrogen-bond donors (Lipinski definition) is 4. The number of carboxylic acids is 1. The third kappa shape index (κ3) is 3.20. The van der Waals surface area contributed by atoms with Gasteiger partial charge in [0.2, 0.25) is 0 Å². The number of carboxylic acid groups (broad SMARTS) is 1. The van der Waals surface area contributed by atoms with Crippen molar-refractivity contribution in [2.24, 2.45) is 0 Å². The van der Waals surface area contributed by atoms with Crippen molar-refractivity contribution in [3.8, 4) is 11.5 Å². The predicted molar refractivity (Wildman–Crippen MR) is 79.8 cm³/mol. The molecule has 0 saturated heterocycles. The Morgan fingerprint density at radius 3 is 2.10 bits per heavy atom. The van der Waals surface area contributed by atoms with Crippen molar-refractivity contribution < 1.29 is 20.1 Å². The number of benzene rings is 2. The Morgan fingerprint density at radius 1 is 1.10 bits per heavy atom. The molecule has 0 aliphatic carbocycles. The molecule has 2 rings (SSSR count). The molecule has 0 aliphatic rings. The Balaban J connectivity index is 2.44. The van der Waals surface area contributed by atoms with Crippen molar-refractivity contribution in [3.05, 3.63) is 53.1 Å².